The Kier molecular flexibility index (Phi) is 5.60. The number of carboxylic acid groups (broad SMARTS) is 1. The van der Waals surface area contributed by atoms with Gasteiger partial charge in [-0.1, -0.05) is 12.1 Å². The van der Waals surface area contributed by atoms with Crippen LogP contribution in [0.5, 0.6) is 0 Å². The second kappa shape index (κ2) is 7.54. The molecule has 0 atom stereocenters. The summed E-state index contributed by atoms with van der Waals surface area (Å²) >= 11 is 0. The number of aryl methyl sites for hydroxylation is 1. The van der Waals surface area contributed by atoms with E-state index in [2.05, 4.69) is 4.99 Å². The molecule has 8 nitrogen and oxygen atoms in total. The fourth-order valence-corrected chi connectivity index (χ4v) is 4.42. The molecule has 0 saturated heterocycles. The van der Waals surface area contributed by atoms with Crippen molar-refractivity contribution in [3.63, 3.8) is 0 Å². The van der Waals surface area contributed by atoms with Crippen molar-refractivity contribution in [3.05, 3.63) is 52.8 Å². The lowest BCUT2D eigenvalue weighted by molar-refractivity contribution is -0.122. The number of guanidine groups is 1. The van der Waals surface area contributed by atoms with Crippen LogP contribution in [-0.4, -0.2) is 31.9 Å². The van der Waals surface area contributed by atoms with Gasteiger partial charge in [0, 0.05) is 16.7 Å². The van der Waals surface area contributed by atoms with Crippen molar-refractivity contribution in [2.45, 2.75) is 17.6 Å². The second-order valence-corrected chi connectivity index (χ2v) is 7.59. The van der Waals surface area contributed by atoms with E-state index in [-0.39, 0.29) is 22.5 Å². The number of hydrogen-bond donors (Lipinski definition) is 3. The van der Waals surface area contributed by atoms with Gasteiger partial charge in [0.15, 0.2) is 15.8 Å². The van der Waals surface area contributed by atoms with E-state index in [9.17, 15) is 17.6 Å². The highest BCUT2D eigenvalue weighted by molar-refractivity contribution is 7.90. The summed E-state index contributed by atoms with van der Waals surface area (Å²) in [5, 5.41) is 6.89. The molecule has 10 heteroatoms. The molecule has 2 aromatic rings. The van der Waals surface area contributed by atoms with Crippen LogP contribution >= 0.6 is 0 Å². The number of nitrogens with zero attached hydrogens (tertiary/aromatic N) is 1. The molecule has 142 valence electrons. The SMILES string of the molecule is Cc1cc2c(cc1C(=O)N=C(N)N)S(=O)(=O)Cc1c(F)cccc1-2.O=CO. The topological polar surface area (TPSA) is 153 Å². The number of nitrogens with two attached hydrogens (primary N) is 2. The van der Waals surface area contributed by atoms with Gasteiger partial charge in [-0.3, -0.25) is 9.59 Å². The summed E-state index contributed by atoms with van der Waals surface area (Å²) in [7, 11) is -3.78. The lowest BCUT2D eigenvalue weighted by Crippen LogP contribution is -2.24. The Morgan fingerprint density at radius 1 is 1.26 bits per heavy atom. The number of carbonyl (C=O) groups excluding carboxylic acids is 1. The number of benzene rings is 2. The fraction of sp³-hybridized carbons (Fsp3) is 0.118. The number of aliphatic imine (C=N–C) groups is 1. The van der Waals surface area contributed by atoms with E-state index in [1.807, 2.05) is 0 Å². The average molecular weight is 393 g/mol. The van der Waals surface area contributed by atoms with Crippen molar-refractivity contribution >= 4 is 28.2 Å². The van der Waals surface area contributed by atoms with Gasteiger partial charge in [0.2, 0.25) is 0 Å². The van der Waals surface area contributed by atoms with Gasteiger partial charge in [0.25, 0.3) is 12.4 Å². The first-order valence-corrected chi connectivity index (χ1v) is 9.14. The smallest absolute Gasteiger partial charge is 0.290 e. The number of halogens is 1. The third-order valence-electron chi connectivity index (χ3n) is 3.87. The fourth-order valence-electron chi connectivity index (χ4n) is 2.79. The Balaban J connectivity index is 0.000000817. The Morgan fingerprint density at radius 2 is 1.89 bits per heavy atom. The normalized spacial score (nSPS) is 13.3. The summed E-state index contributed by atoms with van der Waals surface area (Å²) in [6.45, 7) is 1.38. The molecule has 0 radical (unpaired) electrons. The van der Waals surface area contributed by atoms with Gasteiger partial charge in [-0.25, -0.2) is 12.8 Å². The monoisotopic (exact) mass is 393 g/mol. The third kappa shape index (κ3) is 3.95. The Bertz CT molecular complexity index is 1060. The molecule has 0 aromatic heterocycles. The standard InChI is InChI=1S/C16H14FN3O3S.CH2O2/c1-8-5-11-9-3-2-4-13(17)12(9)7-24(22,23)14(11)6-10(8)15(21)20-16(18)19;2-1-3/h2-6H,7H2,1H3,(H4,18,19,20,21);1H,(H,2,3). The first-order valence-electron chi connectivity index (χ1n) is 7.49. The van der Waals surface area contributed by atoms with Crippen molar-refractivity contribution in [2.75, 3.05) is 0 Å². The summed E-state index contributed by atoms with van der Waals surface area (Å²) in [5.74, 6) is -2.16. The van der Waals surface area contributed by atoms with Gasteiger partial charge in [-0.15, -0.1) is 0 Å². The first kappa shape index (κ1) is 20.0. The lowest BCUT2D eigenvalue weighted by Gasteiger charge is -2.22. The summed E-state index contributed by atoms with van der Waals surface area (Å²) in [6, 6.07) is 7.19. The highest BCUT2D eigenvalue weighted by Gasteiger charge is 2.31. The number of amides is 1. The minimum atomic E-state index is -3.78. The summed E-state index contributed by atoms with van der Waals surface area (Å²) in [5.41, 5.74) is 12.0. The zero-order chi connectivity index (χ0) is 20.4. The van der Waals surface area contributed by atoms with E-state index in [4.69, 9.17) is 21.4 Å². The van der Waals surface area contributed by atoms with Crippen molar-refractivity contribution in [3.8, 4) is 11.1 Å². The molecule has 0 saturated carbocycles. The molecular weight excluding hydrogens is 377 g/mol. The van der Waals surface area contributed by atoms with Gasteiger partial charge < -0.3 is 16.6 Å². The minimum absolute atomic E-state index is 0.0275. The second-order valence-electron chi connectivity index (χ2n) is 5.64. The summed E-state index contributed by atoms with van der Waals surface area (Å²) in [4.78, 5) is 23.8. The maximum absolute atomic E-state index is 14.0. The highest BCUT2D eigenvalue weighted by atomic mass is 32.2. The molecule has 0 fully saturated rings. The van der Waals surface area contributed by atoms with Crippen LogP contribution < -0.4 is 11.5 Å². The number of sulfone groups is 1. The molecule has 27 heavy (non-hydrogen) atoms. The van der Waals surface area contributed by atoms with Crippen LogP contribution in [0.2, 0.25) is 0 Å². The van der Waals surface area contributed by atoms with Crippen molar-refractivity contribution in [1.82, 2.24) is 0 Å². The Hall–Kier alpha value is -3.27. The molecule has 0 bridgehead atoms. The number of rotatable bonds is 1. The van der Waals surface area contributed by atoms with E-state index in [1.54, 1.807) is 19.1 Å². The molecule has 3 rings (SSSR count). The van der Waals surface area contributed by atoms with E-state index >= 15 is 0 Å². The highest BCUT2D eigenvalue weighted by Crippen LogP contribution is 2.40. The molecule has 0 spiro atoms. The van der Waals surface area contributed by atoms with E-state index in [0.717, 1.165) is 0 Å². The number of carbonyl (C=O) groups is 2. The van der Waals surface area contributed by atoms with Crippen LogP contribution in [0, 0.1) is 12.7 Å². The molecule has 1 aliphatic rings. The number of hydrogen-bond acceptors (Lipinski definition) is 4. The van der Waals surface area contributed by atoms with E-state index in [1.165, 1.54) is 18.2 Å². The van der Waals surface area contributed by atoms with Crippen LogP contribution in [0.15, 0.2) is 40.2 Å². The Labute approximate surface area is 154 Å². The van der Waals surface area contributed by atoms with Crippen LogP contribution in [0.1, 0.15) is 21.5 Å². The van der Waals surface area contributed by atoms with Crippen LogP contribution in [0.4, 0.5) is 4.39 Å². The van der Waals surface area contributed by atoms with Gasteiger partial charge in [0.05, 0.1) is 10.6 Å². The summed E-state index contributed by atoms with van der Waals surface area (Å²) in [6.07, 6.45) is 0. The largest absolute Gasteiger partial charge is 0.483 e. The molecule has 1 amide bonds. The van der Waals surface area contributed by atoms with Crippen molar-refractivity contribution in [1.29, 1.82) is 0 Å². The van der Waals surface area contributed by atoms with Gasteiger partial charge in [-0.2, -0.15) is 4.99 Å². The third-order valence-corrected chi connectivity index (χ3v) is 5.54. The van der Waals surface area contributed by atoms with Crippen molar-refractivity contribution in [2.24, 2.45) is 16.5 Å². The molecule has 5 N–H and O–H groups in total. The molecule has 0 unspecified atom stereocenters. The minimum Gasteiger partial charge on any atom is -0.483 e. The maximum atomic E-state index is 14.0. The molecule has 1 aliphatic heterocycles. The first-order chi connectivity index (χ1) is 12.6. The maximum Gasteiger partial charge on any atom is 0.290 e. The Morgan fingerprint density at radius 3 is 2.48 bits per heavy atom. The zero-order valence-corrected chi connectivity index (χ0v) is 15.0. The molecular formula is C17H16FN3O5S. The average Bonchev–Trinajstić information content (AvgIpc) is 2.55. The molecule has 0 aliphatic carbocycles. The van der Waals surface area contributed by atoms with E-state index in [0.29, 0.717) is 16.7 Å². The summed E-state index contributed by atoms with van der Waals surface area (Å²) < 4.78 is 39.1. The lowest BCUT2D eigenvalue weighted by atomic mass is 9.95. The van der Waals surface area contributed by atoms with Crippen LogP contribution in [0.25, 0.3) is 11.1 Å². The zero-order valence-electron chi connectivity index (χ0n) is 14.1. The predicted molar refractivity (Wildman–Crippen MR) is 96.3 cm³/mol. The predicted octanol–water partition coefficient (Wildman–Crippen LogP) is 1.20. The van der Waals surface area contributed by atoms with Crippen LogP contribution in [0.3, 0.4) is 0 Å². The molecule has 1 heterocycles. The van der Waals surface area contributed by atoms with Crippen LogP contribution in [-0.2, 0) is 20.4 Å². The van der Waals surface area contributed by atoms with Crippen molar-refractivity contribution < 1.29 is 27.5 Å². The number of fused-ring (bicyclic) bond motifs is 3. The quantitative estimate of drug-likeness (QED) is 0.374. The molecule has 2 aromatic carbocycles. The van der Waals surface area contributed by atoms with E-state index < -0.39 is 33.3 Å². The van der Waals surface area contributed by atoms with Gasteiger partial charge >= 0.3 is 0 Å². The van der Waals surface area contributed by atoms with Gasteiger partial charge in [0.1, 0.15) is 5.82 Å². The van der Waals surface area contributed by atoms with Gasteiger partial charge in [-0.05, 0) is 36.2 Å².